The summed E-state index contributed by atoms with van der Waals surface area (Å²) in [4.78, 5) is 0.588. The average Bonchev–Trinajstić information content (AvgIpc) is 2.05. The lowest BCUT2D eigenvalue weighted by atomic mass is 10.2. The summed E-state index contributed by atoms with van der Waals surface area (Å²) in [6, 6.07) is 3.00. The maximum Gasteiger partial charge on any atom is 0.138 e. The lowest BCUT2D eigenvalue weighted by Gasteiger charge is -2.05. The maximum atomic E-state index is 13.0. The predicted molar refractivity (Wildman–Crippen MR) is 50.5 cm³/mol. The fourth-order valence-corrected chi connectivity index (χ4v) is 1.46. The highest BCUT2D eigenvalue weighted by Crippen LogP contribution is 2.24. The number of nitrogens with two attached hydrogens (primary N) is 2. The summed E-state index contributed by atoms with van der Waals surface area (Å²) in [5, 5.41) is 0. The zero-order valence-corrected chi connectivity index (χ0v) is 7.62. The van der Waals surface area contributed by atoms with E-state index >= 15 is 0 Å². The Morgan fingerprint density at radius 2 is 2.17 bits per heavy atom. The van der Waals surface area contributed by atoms with Crippen LogP contribution in [0.3, 0.4) is 0 Å². The van der Waals surface area contributed by atoms with E-state index in [4.69, 9.17) is 11.5 Å². The zero-order chi connectivity index (χ0) is 9.14. The van der Waals surface area contributed by atoms with Crippen LogP contribution in [0.2, 0.25) is 0 Å². The Morgan fingerprint density at radius 1 is 1.50 bits per heavy atom. The second-order valence-corrected chi connectivity index (χ2v) is 3.24. The van der Waals surface area contributed by atoms with Gasteiger partial charge in [0.2, 0.25) is 0 Å². The van der Waals surface area contributed by atoms with Crippen molar-refractivity contribution >= 4 is 17.4 Å². The van der Waals surface area contributed by atoms with E-state index in [-0.39, 0.29) is 5.82 Å². The molecule has 1 aromatic carbocycles. The van der Waals surface area contributed by atoms with Crippen molar-refractivity contribution in [3.63, 3.8) is 0 Å². The van der Waals surface area contributed by atoms with Gasteiger partial charge in [-0.15, -0.1) is 11.8 Å². The van der Waals surface area contributed by atoms with Gasteiger partial charge in [-0.1, -0.05) is 0 Å². The number of halogens is 1. The first-order valence-electron chi connectivity index (χ1n) is 3.51. The van der Waals surface area contributed by atoms with Crippen molar-refractivity contribution in [1.82, 2.24) is 0 Å². The minimum Gasteiger partial charge on any atom is -0.398 e. The van der Waals surface area contributed by atoms with Crippen LogP contribution in [0.5, 0.6) is 0 Å². The molecule has 0 saturated heterocycles. The third kappa shape index (κ3) is 1.70. The summed E-state index contributed by atoms with van der Waals surface area (Å²) < 4.78 is 13.0. The van der Waals surface area contributed by atoms with Crippen LogP contribution in [0.25, 0.3) is 0 Å². The van der Waals surface area contributed by atoms with E-state index in [9.17, 15) is 4.39 Å². The van der Waals surface area contributed by atoms with E-state index < -0.39 is 0 Å². The van der Waals surface area contributed by atoms with Crippen molar-refractivity contribution in [3.05, 3.63) is 23.5 Å². The van der Waals surface area contributed by atoms with Crippen molar-refractivity contribution in [1.29, 1.82) is 0 Å². The van der Waals surface area contributed by atoms with Crippen molar-refractivity contribution < 1.29 is 4.39 Å². The van der Waals surface area contributed by atoms with Crippen LogP contribution in [0.1, 0.15) is 5.56 Å². The van der Waals surface area contributed by atoms with Crippen molar-refractivity contribution in [2.75, 3.05) is 12.0 Å². The molecule has 12 heavy (non-hydrogen) atoms. The van der Waals surface area contributed by atoms with Gasteiger partial charge in [-0.25, -0.2) is 4.39 Å². The second kappa shape index (κ2) is 3.78. The molecule has 0 aliphatic carbocycles. The minimum atomic E-state index is -0.280. The number of nitrogen functional groups attached to an aromatic ring is 1. The van der Waals surface area contributed by atoms with Crippen LogP contribution >= 0.6 is 11.8 Å². The highest BCUT2D eigenvalue weighted by Gasteiger charge is 2.05. The first-order chi connectivity index (χ1) is 5.69. The molecule has 1 rings (SSSR count). The number of hydrogen-bond donors (Lipinski definition) is 2. The smallest absolute Gasteiger partial charge is 0.138 e. The highest BCUT2D eigenvalue weighted by molar-refractivity contribution is 7.98. The fourth-order valence-electron chi connectivity index (χ4n) is 0.944. The molecular weight excluding hydrogens is 175 g/mol. The van der Waals surface area contributed by atoms with E-state index in [2.05, 4.69) is 0 Å². The fraction of sp³-hybridized carbons (Fsp3) is 0.250. The molecule has 0 aliphatic heterocycles. The van der Waals surface area contributed by atoms with Crippen LogP contribution in [-0.4, -0.2) is 6.26 Å². The van der Waals surface area contributed by atoms with Crippen LogP contribution in [0.4, 0.5) is 10.1 Å². The predicted octanol–water partition coefficient (Wildman–Crippen LogP) is 1.59. The van der Waals surface area contributed by atoms with E-state index in [1.54, 1.807) is 6.07 Å². The molecule has 1 aromatic rings. The number of rotatable bonds is 2. The first kappa shape index (κ1) is 9.35. The molecule has 0 radical (unpaired) electrons. The molecule has 0 spiro atoms. The first-order valence-corrected chi connectivity index (χ1v) is 4.73. The SMILES string of the molecule is CSc1cc(CN)c(N)cc1F. The summed E-state index contributed by atoms with van der Waals surface area (Å²) >= 11 is 1.35. The van der Waals surface area contributed by atoms with Gasteiger partial charge in [0.25, 0.3) is 0 Å². The van der Waals surface area contributed by atoms with Gasteiger partial charge in [-0.3, -0.25) is 0 Å². The number of hydrogen-bond acceptors (Lipinski definition) is 3. The Morgan fingerprint density at radius 3 is 2.67 bits per heavy atom. The molecular formula is C8H11FN2S. The monoisotopic (exact) mass is 186 g/mol. The maximum absolute atomic E-state index is 13.0. The van der Waals surface area contributed by atoms with E-state index in [1.165, 1.54) is 17.8 Å². The van der Waals surface area contributed by atoms with Crippen molar-refractivity contribution in [2.45, 2.75) is 11.4 Å². The topological polar surface area (TPSA) is 52.0 Å². The largest absolute Gasteiger partial charge is 0.398 e. The lowest BCUT2D eigenvalue weighted by molar-refractivity contribution is 0.602. The molecule has 4 heteroatoms. The van der Waals surface area contributed by atoms with Crippen LogP contribution in [0, 0.1) is 5.82 Å². The molecule has 0 aromatic heterocycles. The van der Waals surface area contributed by atoms with Gasteiger partial charge in [0, 0.05) is 17.1 Å². The molecule has 66 valence electrons. The molecule has 2 nitrogen and oxygen atoms in total. The summed E-state index contributed by atoms with van der Waals surface area (Å²) in [5.41, 5.74) is 12.2. The summed E-state index contributed by atoms with van der Waals surface area (Å²) in [5.74, 6) is -0.280. The van der Waals surface area contributed by atoms with Gasteiger partial charge in [-0.05, 0) is 24.0 Å². The molecule has 0 unspecified atom stereocenters. The molecule has 0 heterocycles. The van der Waals surface area contributed by atoms with Crippen molar-refractivity contribution in [2.24, 2.45) is 5.73 Å². The van der Waals surface area contributed by atoms with E-state index in [1.807, 2.05) is 6.26 Å². The van der Waals surface area contributed by atoms with E-state index in [0.29, 0.717) is 17.1 Å². The van der Waals surface area contributed by atoms with Crippen LogP contribution in [0.15, 0.2) is 17.0 Å². The zero-order valence-electron chi connectivity index (χ0n) is 6.80. The Bertz CT molecular complexity index is 263. The normalized spacial score (nSPS) is 10.2. The third-order valence-electron chi connectivity index (χ3n) is 1.63. The quantitative estimate of drug-likeness (QED) is 0.544. The van der Waals surface area contributed by atoms with Gasteiger partial charge < -0.3 is 11.5 Å². The second-order valence-electron chi connectivity index (χ2n) is 2.39. The van der Waals surface area contributed by atoms with Gasteiger partial charge in [-0.2, -0.15) is 0 Å². The number of benzene rings is 1. The number of thioether (sulfide) groups is 1. The molecule has 0 aliphatic rings. The Kier molecular flexibility index (Phi) is 2.94. The highest BCUT2D eigenvalue weighted by atomic mass is 32.2. The summed E-state index contributed by atoms with van der Waals surface area (Å²) in [6.07, 6.45) is 1.81. The lowest BCUT2D eigenvalue weighted by Crippen LogP contribution is -2.02. The molecule has 4 N–H and O–H groups in total. The third-order valence-corrected chi connectivity index (χ3v) is 2.39. The number of anilines is 1. The van der Waals surface area contributed by atoms with Gasteiger partial charge in [0.15, 0.2) is 0 Å². The van der Waals surface area contributed by atoms with Gasteiger partial charge in [0.1, 0.15) is 5.82 Å². The van der Waals surface area contributed by atoms with Crippen LogP contribution < -0.4 is 11.5 Å². The average molecular weight is 186 g/mol. The Labute approximate surface area is 75.1 Å². The molecule has 0 saturated carbocycles. The van der Waals surface area contributed by atoms with E-state index in [0.717, 1.165) is 5.56 Å². The van der Waals surface area contributed by atoms with Gasteiger partial charge in [0.05, 0.1) is 0 Å². The molecule has 0 atom stereocenters. The van der Waals surface area contributed by atoms with Crippen molar-refractivity contribution in [3.8, 4) is 0 Å². The molecule has 0 fully saturated rings. The summed E-state index contributed by atoms with van der Waals surface area (Å²) in [6.45, 7) is 0.347. The van der Waals surface area contributed by atoms with Gasteiger partial charge >= 0.3 is 0 Å². The Balaban J connectivity index is 3.18. The molecule has 0 bridgehead atoms. The Hall–Kier alpha value is -0.740. The minimum absolute atomic E-state index is 0.280. The van der Waals surface area contributed by atoms with Crippen LogP contribution in [-0.2, 0) is 6.54 Å². The summed E-state index contributed by atoms with van der Waals surface area (Å²) in [7, 11) is 0. The molecule has 0 amide bonds. The standard InChI is InChI=1S/C8H11FN2S/c1-12-8-2-5(4-10)7(11)3-6(8)9/h2-3H,4,10-11H2,1H3.